The van der Waals surface area contributed by atoms with Crippen molar-refractivity contribution < 1.29 is 4.74 Å². The van der Waals surface area contributed by atoms with Gasteiger partial charge >= 0.3 is 0 Å². The Kier molecular flexibility index (Phi) is 4.77. The lowest BCUT2D eigenvalue weighted by atomic mass is 10.0. The Hall–Kier alpha value is -1.58. The fraction of sp³-hybridized carbons (Fsp3) is 0.267. The molecule has 0 spiro atoms. The minimum Gasteiger partial charge on any atom is -0.495 e. The molecule has 0 aliphatic rings. The molecule has 2 rings (SSSR count). The van der Waals surface area contributed by atoms with E-state index in [4.69, 9.17) is 22.1 Å². The average Bonchev–Trinajstić information content (AvgIpc) is 2.46. The van der Waals surface area contributed by atoms with Gasteiger partial charge in [0.1, 0.15) is 5.75 Å². The molecule has 0 saturated heterocycles. The first-order chi connectivity index (χ1) is 9.20. The second kappa shape index (κ2) is 6.55. The first-order valence-corrected chi connectivity index (χ1v) is 6.56. The molecule has 1 unspecified atom stereocenters. The molecule has 2 N–H and O–H groups in total. The van der Waals surface area contributed by atoms with Crippen molar-refractivity contribution in [2.45, 2.75) is 18.9 Å². The lowest BCUT2D eigenvalue weighted by Gasteiger charge is -2.13. The van der Waals surface area contributed by atoms with Crippen LogP contribution in [0.1, 0.15) is 23.6 Å². The van der Waals surface area contributed by atoms with Crippen LogP contribution in [0.3, 0.4) is 0 Å². The number of benzene rings is 1. The Morgan fingerprint density at radius 1 is 1.37 bits per heavy atom. The van der Waals surface area contributed by atoms with Crippen molar-refractivity contribution >= 4 is 11.6 Å². The summed E-state index contributed by atoms with van der Waals surface area (Å²) >= 11 is 6.00. The molecule has 0 amide bonds. The summed E-state index contributed by atoms with van der Waals surface area (Å²) in [7, 11) is 1.60. The normalized spacial score (nSPS) is 12.2. The molecule has 4 heteroatoms. The number of hydrogen-bond donors (Lipinski definition) is 1. The maximum absolute atomic E-state index is 6.20. The zero-order chi connectivity index (χ0) is 13.7. The van der Waals surface area contributed by atoms with Crippen LogP contribution >= 0.6 is 11.6 Å². The summed E-state index contributed by atoms with van der Waals surface area (Å²) in [4.78, 5) is 4.10. The van der Waals surface area contributed by atoms with Gasteiger partial charge in [0.15, 0.2) is 0 Å². The zero-order valence-electron chi connectivity index (χ0n) is 10.8. The summed E-state index contributed by atoms with van der Waals surface area (Å²) < 4.78 is 5.20. The van der Waals surface area contributed by atoms with Crippen molar-refractivity contribution in [2.24, 2.45) is 5.73 Å². The van der Waals surface area contributed by atoms with Gasteiger partial charge in [-0.05, 0) is 42.2 Å². The van der Waals surface area contributed by atoms with Crippen LogP contribution in [0, 0.1) is 0 Å². The van der Waals surface area contributed by atoms with Gasteiger partial charge in [-0.1, -0.05) is 23.7 Å². The minimum absolute atomic E-state index is 0.0358. The van der Waals surface area contributed by atoms with Crippen LogP contribution in [0.2, 0.25) is 5.02 Å². The lowest BCUT2D eigenvalue weighted by molar-refractivity contribution is 0.414. The van der Waals surface area contributed by atoms with Crippen LogP contribution in [0.5, 0.6) is 5.75 Å². The third-order valence-electron chi connectivity index (χ3n) is 3.07. The van der Waals surface area contributed by atoms with Gasteiger partial charge in [-0.25, -0.2) is 0 Å². The van der Waals surface area contributed by atoms with Gasteiger partial charge in [-0.2, -0.15) is 0 Å². The smallest absolute Gasteiger partial charge is 0.137 e. The Morgan fingerprint density at radius 3 is 2.89 bits per heavy atom. The standard InChI is InChI=1S/C15H17ClN2O/c1-19-15-9-12(5-6-13(15)16)14(17)7-4-11-3-2-8-18-10-11/h2-3,5-6,8-10,14H,4,7,17H2,1H3. The van der Waals surface area contributed by atoms with Crippen molar-refractivity contribution in [1.82, 2.24) is 4.98 Å². The van der Waals surface area contributed by atoms with Crippen LogP contribution in [0.4, 0.5) is 0 Å². The first kappa shape index (κ1) is 13.8. The van der Waals surface area contributed by atoms with E-state index in [-0.39, 0.29) is 6.04 Å². The summed E-state index contributed by atoms with van der Waals surface area (Å²) in [5.41, 5.74) is 8.42. The van der Waals surface area contributed by atoms with E-state index in [1.807, 2.05) is 30.5 Å². The van der Waals surface area contributed by atoms with E-state index in [9.17, 15) is 0 Å². The molecule has 1 aromatic heterocycles. The molecule has 1 aromatic carbocycles. The SMILES string of the molecule is COc1cc(C(N)CCc2cccnc2)ccc1Cl. The number of methoxy groups -OCH3 is 1. The summed E-state index contributed by atoms with van der Waals surface area (Å²) in [6.45, 7) is 0. The molecule has 0 fully saturated rings. The topological polar surface area (TPSA) is 48.1 Å². The third kappa shape index (κ3) is 3.69. The highest BCUT2D eigenvalue weighted by molar-refractivity contribution is 6.32. The minimum atomic E-state index is -0.0358. The molecule has 0 aliphatic carbocycles. The maximum atomic E-state index is 6.20. The van der Waals surface area contributed by atoms with Gasteiger partial charge in [-0.3, -0.25) is 4.98 Å². The van der Waals surface area contributed by atoms with Crippen molar-refractivity contribution in [1.29, 1.82) is 0 Å². The fourth-order valence-electron chi connectivity index (χ4n) is 1.94. The number of pyridine rings is 1. The second-order valence-corrected chi connectivity index (χ2v) is 4.81. The third-order valence-corrected chi connectivity index (χ3v) is 3.38. The summed E-state index contributed by atoms with van der Waals surface area (Å²) in [5.74, 6) is 0.663. The van der Waals surface area contributed by atoms with Gasteiger partial charge in [0.2, 0.25) is 0 Å². The van der Waals surface area contributed by atoms with E-state index in [1.54, 1.807) is 13.3 Å². The van der Waals surface area contributed by atoms with Crippen molar-refractivity contribution in [2.75, 3.05) is 7.11 Å². The van der Waals surface area contributed by atoms with Crippen LogP contribution in [0.15, 0.2) is 42.7 Å². The van der Waals surface area contributed by atoms with E-state index < -0.39 is 0 Å². The number of rotatable bonds is 5. The second-order valence-electron chi connectivity index (χ2n) is 4.40. The highest BCUT2D eigenvalue weighted by atomic mass is 35.5. The number of ether oxygens (including phenoxy) is 1. The maximum Gasteiger partial charge on any atom is 0.137 e. The average molecular weight is 277 g/mol. The number of aromatic nitrogens is 1. The molecule has 2 aromatic rings. The van der Waals surface area contributed by atoms with E-state index >= 15 is 0 Å². The van der Waals surface area contributed by atoms with E-state index in [1.165, 1.54) is 5.56 Å². The number of nitrogens with zero attached hydrogens (tertiary/aromatic N) is 1. The molecular formula is C15H17ClN2O. The molecule has 0 aliphatic heterocycles. The van der Waals surface area contributed by atoms with Crippen molar-refractivity contribution in [3.05, 3.63) is 58.9 Å². The Morgan fingerprint density at radius 2 is 2.21 bits per heavy atom. The number of nitrogens with two attached hydrogens (primary N) is 1. The van der Waals surface area contributed by atoms with E-state index in [2.05, 4.69) is 11.1 Å². The number of halogens is 1. The Bertz CT molecular complexity index is 531. The van der Waals surface area contributed by atoms with Crippen LogP contribution in [0.25, 0.3) is 0 Å². The van der Waals surface area contributed by atoms with E-state index in [0.717, 1.165) is 18.4 Å². The monoisotopic (exact) mass is 276 g/mol. The lowest BCUT2D eigenvalue weighted by Crippen LogP contribution is -2.11. The van der Waals surface area contributed by atoms with Gasteiger partial charge in [0.05, 0.1) is 12.1 Å². The quantitative estimate of drug-likeness (QED) is 0.911. The largest absolute Gasteiger partial charge is 0.495 e. The molecule has 19 heavy (non-hydrogen) atoms. The summed E-state index contributed by atoms with van der Waals surface area (Å²) in [6, 6.07) is 9.62. The molecule has 1 atom stereocenters. The Balaban J connectivity index is 2.02. The predicted octanol–water partition coefficient (Wildman–Crippen LogP) is 3.38. The van der Waals surface area contributed by atoms with Crippen molar-refractivity contribution in [3.8, 4) is 5.75 Å². The molecule has 0 bridgehead atoms. The highest BCUT2D eigenvalue weighted by Crippen LogP contribution is 2.28. The fourth-order valence-corrected chi connectivity index (χ4v) is 2.14. The summed E-state index contributed by atoms with van der Waals surface area (Å²) in [5, 5.41) is 0.603. The van der Waals surface area contributed by atoms with Gasteiger partial charge in [-0.15, -0.1) is 0 Å². The van der Waals surface area contributed by atoms with Crippen molar-refractivity contribution in [3.63, 3.8) is 0 Å². The molecule has 1 heterocycles. The molecule has 0 saturated carbocycles. The molecule has 100 valence electrons. The van der Waals surface area contributed by atoms with Gasteiger partial charge in [0.25, 0.3) is 0 Å². The number of hydrogen-bond acceptors (Lipinski definition) is 3. The number of aryl methyl sites for hydroxylation is 1. The van der Waals surface area contributed by atoms with E-state index in [0.29, 0.717) is 10.8 Å². The molecule has 3 nitrogen and oxygen atoms in total. The first-order valence-electron chi connectivity index (χ1n) is 6.18. The zero-order valence-corrected chi connectivity index (χ0v) is 11.6. The van der Waals surface area contributed by atoms with Gasteiger partial charge < -0.3 is 10.5 Å². The Labute approximate surface area is 118 Å². The summed E-state index contributed by atoms with van der Waals surface area (Å²) in [6.07, 6.45) is 5.40. The highest BCUT2D eigenvalue weighted by Gasteiger charge is 2.09. The molecule has 0 radical (unpaired) electrons. The van der Waals surface area contributed by atoms with Crippen LogP contribution in [-0.4, -0.2) is 12.1 Å². The molecular weight excluding hydrogens is 260 g/mol. The van der Waals surface area contributed by atoms with Crippen LogP contribution < -0.4 is 10.5 Å². The van der Waals surface area contributed by atoms with Crippen LogP contribution in [-0.2, 0) is 6.42 Å². The predicted molar refractivity (Wildman–Crippen MR) is 77.5 cm³/mol. The van der Waals surface area contributed by atoms with Gasteiger partial charge in [0, 0.05) is 18.4 Å².